The molecule has 3 rings (SSSR count). The van der Waals surface area contributed by atoms with E-state index in [0.717, 1.165) is 82.8 Å². The molecule has 1 atom stereocenters. The Labute approximate surface area is 177 Å². The minimum atomic E-state index is 0.755. The minimum absolute atomic E-state index is 0.755. The third-order valence-corrected chi connectivity index (χ3v) is 6.34. The maximum Gasteiger partial charge on any atom is 0.193 e. The first kappa shape index (κ1) is 22.1. The molecule has 0 amide bonds. The van der Waals surface area contributed by atoms with Crippen molar-refractivity contribution in [3.63, 3.8) is 0 Å². The monoisotopic (exact) mass is 403 g/mol. The summed E-state index contributed by atoms with van der Waals surface area (Å²) in [5.41, 5.74) is 0. The molecule has 0 aromatic carbocycles. The summed E-state index contributed by atoms with van der Waals surface area (Å²) >= 11 is 0. The normalized spacial score (nSPS) is 20.2. The molecule has 1 aromatic rings. The van der Waals surface area contributed by atoms with Crippen LogP contribution in [0.3, 0.4) is 0 Å². The van der Waals surface area contributed by atoms with Crippen molar-refractivity contribution in [3.05, 3.63) is 11.6 Å². The molecule has 29 heavy (non-hydrogen) atoms. The van der Waals surface area contributed by atoms with Crippen LogP contribution in [-0.4, -0.2) is 76.3 Å². The highest BCUT2D eigenvalue weighted by atomic mass is 15.3. The van der Waals surface area contributed by atoms with Crippen molar-refractivity contribution in [3.8, 4) is 0 Å². The SMILES string of the molecule is CCNC(=NCCCc1nnc2n1CCCCC2)N1CCC(CN(CC)CC)C1. The molecule has 1 aromatic heterocycles. The number of hydrogen-bond donors (Lipinski definition) is 1. The molecule has 1 N–H and O–H groups in total. The van der Waals surface area contributed by atoms with Crippen LogP contribution in [0.2, 0.25) is 0 Å². The van der Waals surface area contributed by atoms with Gasteiger partial charge in [0.05, 0.1) is 0 Å². The lowest BCUT2D eigenvalue weighted by Gasteiger charge is -2.24. The Hall–Kier alpha value is -1.63. The first-order chi connectivity index (χ1) is 14.2. The van der Waals surface area contributed by atoms with Crippen LogP contribution in [0.25, 0.3) is 0 Å². The van der Waals surface area contributed by atoms with E-state index >= 15 is 0 Å². The van der Waals surface area contributed by atoms with Crippen LogP contribution in [-0.2, 0) is 19.4 Å². The number of nitrogens with zero attached hydrogens (tertiary/aromatic N) is 6. The first-order valence-corrected chi connectivity index (χ1v) is 11.9. The average Bonchev–Trinajstić information content (AvgIpc) is 3.28. The van der Waals surface area contributed by atoms with E-state index in [-0.39, 0.29) is 0 Å². The molecule has 164 valence electrons. The molecule has 1 unspecified atom stereocenters. The van der Waals surface area contributed by atoms with Crippen molar-refractivity contribution < 1.29 is 0 Å². The average molecular weight is 404 g/mol. The van der Waals surface area contributed by atoms with E-state index in [1.165, 1.54) is 38.1 Å². The molecule has 1 fully saturated rings. The fourth-order valence-electron chi connectivity index (χ4n) is 4.60. The van der Waals surface area contributed by atoms with Crippen LogP contribution in [0.4, 0.5) is 0 Å². The molecule has 0 aliphatic carbocycles. The highest BCUT2D eigenvalue weighted by Gasteiger charge is 2.25. The number of aliphatic imine (C=N–C) groups is 1. The van der Waals surface area contributed by atoms with Crippen LogP contribution in [0.15, 0.2) is 4.99 Å². The predicted molar refractivity (Wildman–Crippen MR) is 119 cm³/mol. The summed E-state index contributed by atoms with van der Waals surface area (Å²) in [4.78, 5) is 9.94. The van der Waals surface area contributed by atoms with Gasteiger partial charge in [0, 0.05) is 52.1 Å². The van der Waals surface area contributed by atoms with Gasteiger partial charge in [-0.1, -0.05) is 20.3 Å². The van der Waals surface area contributed by atoms with E-state index in [2.05, 4.69) is 50.7 Å². The van der Waals surface area contributed by atoms with Crippen molar-refractivity contribution in [1.82, 2.24) is 29.9 Å². The van der Waals surface area contributed by atoms with E-state index in [0.29, 0.717) is 0 Å². The molecule has 1 saturated heterocycles. The second-order valence-electron chi connectivity index (χ2n) is 8.42. The first-order valence-electron chi connectivity index (χ1n) is 11.9. The maximum atomic E-state index is 4.94. The Kier molecular flexibility index (Phi) is 8.77. The van der Waals surface area contributed by atoms with Crippen molar-refractivity contribution in [2.24, 2.45) is 10.9 Å². The number of guanidine groups is 1. The van der Waals surface area contributed by atoms with Crippen molar-refractivity contribution >= 4 is 5.96 Å². The summed E-state index contributed by atoms with van der Waals surface area (Å²) in [5, 5.41) is 12.4. The third kappa shape index (κ3) is 6.17. The van der Waals surface area contributed by atoms with Crippen molar-refractivity contribution in [1.29, 1.82) is 0 Å². The number of aromatic nitrogens is 3. The zero-order valence-electron chi connectivity index (χ0n) is 18.9. The summed E-state index contributed by atoms with van der Waals surface area (Å²) in [7, 11) is 0. The Morgan fingerprint density at radius 2 is 2.00 bits per heavy atom. The predicted octanol–water partition coefficient (Wildman–Crippen LogP) is 2.57. The number of nitrogens with one attached hydrogen (secondary N) is 1. The summed E-state index contributed by atoms with van der Waals surface area (Å²) < 4.78 is 2.36. The third-order valence-electron chi connectivity index (χ3n) is 6.34. The van der Waals surface area contributed by atoms with Crippen LogP contribution in [0, 0.1) is 5.92 Å². The highest BCUT2D eigenvalue weighted by Crippen LogP contribution is 2.18. The Balaban J connectivity index is 1.49. The van der Waals surface area contributed by atoms with E-state index in [1.54, 1.807) is 0 Å². The Morgan fingerprint density at radius 1 is 1.14 bits per heavy atom. The van der Waals surface area contributed by atoms with Crippen molar-refractivity contribution in [2.45, 2.75) is 72.3 Å². The van der Waals surface area contributed by atoms with Gasteiger partial charge < -0.3 is 19.7 Å². The summed E-state index contributed by atoms with van der Waals surface area (Å²) in [6.45, 7) is 15.3. The van der Waals surface area contributed by atoms with Crippen molar-refractivity contribution in [2.75, 3.05) is 45.8 Å². The molecule has 3 heterocycles. The van der Waals surface area contributed by atoms with Gasteiger partial charge in [-0.2, -0.15) is 0 Å². The fourth-order valence-corrected chi connectivity index (χ4v) is 4.60. The number of likely N-dealkylation sites (tertiary alicyclic amines) is 1. The highest BCUT2D eigenvalue weighted by molar-refractivity contribution is 5.80. The fraction of sp³-hybridized carbons (Fsp3) is 0.864. The molecule has 7 nitrogen and oxygen atoms in total. The lowest BCUT2D eigenvalue weighted by molar-refractivity contribution is 0.255. The summed E-state index contributed by atoms with van der Waals surface area (Å²) in [6, 6.07) is 0. The second-order valence-corrected chi connectivity index (χ2v) is 8.42. The second kappa shape index (κ2) is 11.5. The largest absolute Gasteiger partial charge is 0.357 e. The molecule has 2 aliphatic heterocycles. The van der Waals surface area contributed by atoms with Gasteiger partial charge >= 0.3 is 0 Å². The van der Waals surface area contributed by atoms with Gasteiger partial charge in [0.1, 0.15) is 11.6 Å². The lowest BCUT2D eigenvalue weighted by Crippen LogP contribution is -2.41. The summed E-state index contributed by atoms with van der Waals surface area (Å²) in [5.74, 6) is 4.19. The number of rotatable bonds is 9. The van der Waals surface area contributed by atoms with E-state index in [4.69, 9.17) is 4.99 Å². The summed E-state index contributed by atoms with van der Waals surface area (Å²) in [6.07, 6.45) is 8.17. The maximum absolute atomic E-state index is 4.94. The molecular formula is C22H41N7. The smallest absolute Gasteiger partial charge is 0.193 e. The zero-order valence-corrected chi connectivity index (χ0v) is 18.9. The molecule has 0 saturated carbocycles. The number of hydrogen-bond acceptors (Lipinski definition) is 4. The zero-order chi connectivity index (χ0) is 20.5. The van der Waals surface area contributed by atoms with E-state index in [9.17, 15) is 0 Å². The van der Waals surface area contributed by atoms with E-state index < -0.39 is 0 Å². The lowest BCUT2D eigenvalue weighted by atomic mass is 10.1. The number of fused-ring (bicyclic) bond motifs is 1. The van der Waals surface area contributed by atoms with Crippen LogP contribution in [0.1, 0.15) is 64.5 Å². The van der Waals surface area contributed by atoms with Crippen LogP contribution < -0.4 is 5.32 Å². The van der Waals surface area contributed by atoms with Gasteiger partial charge in [0.15, 0.2) is 5.96 Å². The topological polar surface area (TPSA) is 61.6 Å². The van der Waals surface area contributed by atoms with E-state index in [1.807, 2.05) is 0 Å². The van der Waals surface area contributed by atoms with Gasteiger partial charge in [-0.25, -0.2) is 0 Å². The van der Waals surface area contributed by atoms with Gasteiger partial charge in [-0.15, -0.1) is 10.2 Å². The quantitative estimate of drug-likeness (QED) is 0.390. The minimum Gasteiger partial charge on any atom is -0.357 e. The van der Waals surface area contributed by atoms with Gasteiger partial charge in [0.2, 0.25) is 0 Å². The van der Waals surface area contributed by atoms with Crippen LogP contribution in [0.5, 0.6) is 0 Å². The Bertz CT molecular complexity index is 635. The van der Waals surface area contributed by atoms with Crippen LogP contribution >= 0.6 is 0 Å². The standard InChI is InChI=1S/C22H41N7/c1-4-23-22(28-16-13-19(18-28)17-27(5-2)6-3)24-14-10-12-21-26-25-20-11-8-7-9-15-29(20)21/h19H,4-18H2,1-3H3,(H,23,24). The molecular weight excluding hydrogens is 362 g/mol. The molecule has 0 radical (unpaired) electrons. The molecule has 2 aliphatic rings. The van der Waals surface area contributed by atoms with Gasteiger partial charge in [0.25, 0.3) is 0 Å². The van der Waals surface area contributed by atoms with Gasteiger partial charge in [-0.05, 0) is 51.6 Å². The number of aryl methyl sites for hydroxylation is 2. The van der Waals surface area contributed by atoms with Gasteiger partial charge in [-0.3, -0.25) is 4.99 Å². The molecule has 7 heteroatoms. The molecule has 0 spiro atoms. The Morgan fingerprint density at radius 3 is 2.79 bits per heavy atom. The molecule has 0 bridgehead atoms.